The molecule has 5 nitrogen and oxygen atoms in total. The second-order valence-corrected chi connectivity index (χ2v) is 5.92. The molecule has 1 amide bonds. The Labute approximate surface area is 152 Å². The molecule has 3 aromatic rings. The topological polar surface area (TPSA) is 51.5 Å². The molecule has 0 saturated heterocycles. The van der Waals surface area contributed by atoms with Gasteiger partial charge in [0.2, 0.25) is 0 Å². The van der Waals surface area contributed by atoms with Crippen molar-refractivity contribution in [3.8, 4) is 5.69 Å². The van der Waals surface area contributed by atoms with E-state index < -0.39 is 12.1 Å². The van der Waals surface area contributed by atoms with Crippen LogP contribution < -0.4 is 4.90 Å². The molecular weight excluding hydrogens is 328 g/mol. The van der Waals surface area contributed by atoms with Gasteiger partial charge in [-0.1, -0.05) is 18.2 Å². The highest BCUT2D eigenvalue weighted by molar-refractivity contribution is 5.98. The number of benzene rings is 2. The number of rotatable bonds is 5. The fourth-order valence-corrected chi connectivity index (χ4v) is 2.61. The van der Waals surface area contributed by atoms with Crippen LogP contribution in [0, 0.1) is 0 Å². The van der Waals surface area contributed by atoms with Crippen LogP contribution in [0.4, 0.5) is 5.69 Å². The number of esters is 1. The van der Waals surface area contributed by atoms with Crippen LogP contribution in [0.1, 0.15) is 17.3 Å². The predicted molar refractivity (Wildman–Crippen MR) is 100 cm³/mol. The second-order valence-electron chi connectivity index (χ2n) is 5.92. The van der Waals surface area contributed by atoms with Gasteiger partial charge in [-0.3, -0.25) is 4.79 Å². The van der Waals surface area contributed by atoms with E-state index in [-0.39, 0.29) is 5.91 Å². The minimum absolute atomic E-state index is 0.284. The quantitative estimate of drug-likeness (QED) is 0.661. The van der Waals surface area contributed by atoms with Gasteiger partial charge >= 0.3 is 5.97 Å². The standard InChI is InChI=1S/C21H20N2O3/c1-16(20(24)22(2)18-8-4-3-5-9-18)26-21(25)17-10-12-19(13-11-17)23-14-6-7-15-23/h3-16H,1-2H3/t16-/m1/s1. The van der Waals surface area contributed by atoms with Crippen LogP contribution in [-0.4, -0.2) is 29.6 Å². The van der Waals surface area contributed by atoms with Crippen LogP contribution in [0.5, 0.6) is 0 Å². The van der Waals surface area contributed by atoms with Gasteiger partial charge in [-0.15, -0.1) is 0 Å². The van der Waals surface area contributed by atoms with Crippen molar-refractivity contribution < 1.29 is 14.3 Å². The van der Waals surface area contributed by atoms with Crippen molar-refractivity contribution in [3.05, 3.63) is 84.7 Å². The molecule has 0 aliphatic carbocycles. The first-order valence-corrected chi connectivity index (χ1v) is 8.33. The number of carbonyl (C=O) groups excluding carboxylic acids is 2. The molecule has 2 aromatic carbocycles. The van der Waals surface area contributed by atoms with Crippen LogP contribution in [0.2, 0.25) is 0 Å². The zero-order valence-electron chi connectivity index (χ0n) is 14.7. The van der Waals surface area contributed by atoms with E-state index in [9.17, 15) is 9.59 Å². The monoisotopic (exact) mass is 348 g/mol. The average molecular weight is 348 g/mol. The van der Waals surface area contributed by atoms with Crippen LogP contribution in [0.15, 0.2) is 79.1 Å². The Morgan fingerprint density at radius 2 is 1.54 bits per heavy atom. The molecule has 0 saturated carbocycles. The summed E-state index contributed by atoms with van der Waals surface area (Å²) in [6.07, 6.45) is 2.97. The normalized spacial score (nSPS) is 11.6. The Morgan fingerprint density at radius 1 is 0.923 bits per heavy atom. The van der Waals surface area contributed by atoms with Crippen molar-refractivity contribution in [2.75, 3.05) is 11.9 Å². The van der Waals surface area contributed by atoms with Crippen LogP contribution in [0.3, 0.4) is 0 Å². The number of nitrogens with zero attached hydrogens (tertiary/aromatic N) is 2. The molecule has 132 valence electrons. The highest BCUT2D eigenvalue weighted by Gasteiger charge is 2.23. The summed E-state index contributed by atoms with van der Waals surface area (Å²) >= 11 is 0. The summed E-state index contributed by atoms with van der Waals surface area (Å²) in [6.45, 7) is 1.58. The minimum atomic E-state index is -0.878. The van der Waals surface area contributed by atoms with E-state index in [1.807, 2.05) is 71.6 Å². The van der Waals surface area contributed by atoms with Gasteiger partial charge in [-0.05, 0) is 55.5 Å². The molecule has 0 radical (unpaired) electrons. The van der Waals surface area contributed by atoms with Gasteiger partial charge in [0.25, 0.3) is 5.91 Å². The molecule has 3 rings (SSSR count). The molecule has 0 spiro atoms. The lowest BCUT2D eigenvalue weighted by Gasteiger charge is -2.21. The maximum absolute atomic E-state index is 12.5. The Balaban J connectivity index is 1.64. The van der Waals surface area contributed by atoms with Crippen molar-refractivity contribution in [2.45, 2.75) is 13.0 Å². The maximum atomic E-state index is 12.5. The SMILES string of the molecule is C[C@@H](OC(=O)c1ccc(-n2cccc2)cc1)C(=O)N(C)c1ccccc1. The Kier molecular flexibility index (Phi) is 5.17. The summed E-state index contributed by atoms with van der Waals surface area (Å²) < 4.78 is 7.28. The average Bonchev–Trinajstić information content (AvgIpc) is 3.22. The first-order valence-electron chi connectivity index (χ1n) is 8.33. The number of ether oxygens (including phenoxy) is 1. The summed E-state index contributed by atoms with van der Waals surface area (Å²) in [5.74, 6) is -0.806. The lowest BCUT2D eigenvalue weighted by Crippen LogP contribution is -2.37. The van der Waals surface area contributed by atoms with Crippen molar-refractivity contribution in [3.63, 3.8) is 0 Å². The van der Waals surface area contributed by atoms with Gasteiger partial charge in [-0.25, -0.2) is 4.79 Å². The van der Waals surface area contributed by atoms with E-state index in [0.717, 1.165) is 11.4 Å². The molecule has 26 heavy (non-hydrogen) atoms. The summed E-state index contributed by atoms with van der Waals surface area (Å²) in [5.41, 5.74) is 2.10. The van der Waals surface area contributed by atoms with E-state index in [1.54, 1.807) is 26.1 Å². The van der Waals surface area contributed by atoms with Gasteiger partial charge in [0, 0.05) is 30.8 Å². The Morgan fingerprint density at radius 3 is 2.15 bits per heavy atom. The number of carbonyl (C=O) groups is 2. The van der Waals surface area contributed by atoms with Gasteiger partial charge in [-0.2, -0.15) is 0 Å². The molecule has 1 atom stereocenters. The number of likely N-dealkylation sites (N-methyl/N-ethyl adjacent to an activating group) is 1. The Bertz CT molecular complexity index is 871. The first-order chi connectivity index (χ1) is 12.6. The van der Waals surface area contributed by atoms with Crippen molar-refractivity contribution in [2.24, 2.45) is 0 Å². The van der Waals surface area contributed by atoms with E-state index in [1.165, 1.54) is 4.90 Å². The molecule has 0 aliphatic rings. The second kappa shape index (κ2) is 7.70. The minimum Gasteiger partial charge on any atom is -0.449 e. The van der Waals surface area contributed by atoms with Gasteiger partial charge in [0.1, 0.15) is 0 Å². The highest BCUT2D eigenvalue weighted by atomic mass is 16.5. The summed E-state index contributed by atoms with van der Waals surface area (Å²) in [5, 5.41) is 0. The summed E-state index contributed by atoms with van der Waals surface area (Å²) in [4.78, 5) is 26.3. The van der Waals surface area contributed by atoms with Crippen molar-refractivity contribution in [1.82, 2.24) is 4.57 Å². The van der Waals surface area contributed by atoms with Gasteiger partial charge in [0.05, 0.1) is 5.56 Å². The van der Waals surface area contributed by atoms with Crippen LogP contribution >= 0.6 is 0 Å². The number of para-hydroxylation sites is 1. The molecule has 1 aromatic heterocycles. The van der Waals surface area contributed by atoms with Crippen LogP contribution in [0.25, 0.3) is 5.69 Å². The molecular formula is C21H20N2O3. The molecule has 0 bridgehead atoms. The third kappa shape index (κ3) is 3.83. The lowest BCUT2D eigenvalue weighted by atomic mass is 10.2. The molecule has 0 fully saturated rings. The zero-order valence-corrected chi connectivity index (χ0v) is 14.7. The van der Waals surface area contributed by atoms with E-state index in [2.05, 4.69) is 0 Å². The third-order valence-electron chi connectivity index (χ3n) is 4.11. The molecule has 5 heteroatoms. The van der Waals surface area contributed by atoms with Crippen molar-refractivity contribution >= 4 is 17.6 Å². The predicted octanol–water partition coefficient (Wildman–Crippen LogP) is 3.69. The molecule has 0 aliphatic heterocycles. The largest absolute Gasteiger partial charge is 0.449 e. The molecule has 1 heterocycles. The number of hydrogen-bond acceptors (Lipinski definition) is 3. The van der Waals surface area contributed by atoms with Gasteiger partial charge in [0.15, 0.2) is 6.10 Å². The first kappa shape index (κ1) is 17.5. The fraction of sp³-hybridized carbons (Fsp3) is 0.143. The molecule has 0 N–H and O–H groups in total. The number of amides is 1. The van der Waals surface area contributed by atoms with Gasteiger partial charge < -0.3 is 14.2 Å². The number of hydrogen-bond donors (Lipinski definition) is 0. The third-order valence-corrected chi connectivity index (χ3v) is 4.11. The van der Waals surface area contributed by atoms with Crippen LogP contribution in [-0.2, 0) is 9.53 Å². The smallest absolute Gasteiger partial charge is 0.338 e. The summed E-state index contributed by atoms with van der Waals surface area (Å²) in [7, 11) is 1.66. The van der Waals surface area contributed by atoms with Crippen molar-refractivity contribution in [1.29, 1.82) is 0 Å². The van der Waals surface area contributed by atoms with E-state index in [0.29, 0.717) is 5.56 Å². The highest BCUT2D eigenvalue weighted by Crippen LogP contribution is 2.15. The fourth-order valence-electron chi connectivity index (χ4n) is 2.61. The number of anilines is 1. The lowest BCUT2D eigenvalue weighted by molar-refractivity contribution is -0.126. The van der Waals surface area contributed by atoms with E-state index >= 15 is 0 Å². The Hall–Kier alpha value is -3.34. The van der Waals surface area contributed by atoms with E-state index in [4.69, 9.17) is 4.74 Å². The summed E-state index contributed by atoms with van der Waals surface area (Å²) in [6, 6.07) is 20.1. The maximum Gasteiger partial charge on any atom is 0.338 e. The molecule has 0 unspecified atom stereocenters. The zero-order chi connectivity index (χ0) is 18.5. The number of aromatic nitrogens is 1.